The van der Waals surface area contributed by atoms with Crippen LogP contribution in [0.5, 0.6) is 5.75 Å². The van der Waals surface area contributed by atoms with Gasteiger partial charge in [-0.2, -0.15) is 0 Å². The fourth-order valence-corrected chi connectivity index (χ4v) is 4.06. The Labute approximate surface area is 165 Å². The molecule has 0 unspecified atom stereocenters. The molecule has 0 radical (unpaired) electrons. The zero-order valence-corrected chi connectivity index (χ0v) is 17.1. The average Bonchev–Trinajstić information content (AvgIpc) is 2.67. The molecule has 0 aliphatic rings. The van der Waals surface area contributed by atoms with E-state index in [9.17, 15) is 8.42 Å². The molecule has 2 aromatic carbocycles. The molecule has 0 spiro atoms. The second kappa shape index (κ2) is 7.90. The summed E-state index contributed by atoms with van der Waals surface area (Å²) in [5, 5.41) is 3.25. The van der Waals surface area contributed by atoms with Crippen LogP contribution in [0.15, 0.2) is 59.6 Å². The monoisotopic (exact) mass is 397 g/mol. The molecule has 2 N–H and O–H groups in total. The number of hydrogen-bond donors (Lipinski definition) is 2. The maximum absolute atomic E-state index is 12.8. The van der Waals surface area contributed by atoms with Crippen molar-refractivity contribution in [3.8, 4) is 5.75 Å². The van der Waals surface area contributed by atoms with Gasteiger partial charge in [0, 0.05) is 5.69 Å². The van der Waals surface area contributed by atoms with Gasteiger partial charge in [-0.3, -0.25) is 4.72 Å². The summed E-state index contributed by atoms with van der Waals surface area (Å²) in [6.45, 7) is 5.91. The lowest BCUT2D eigenvalue weighted by molar-refractivity contribution is 0.402. The number of hydrogen-bond acceptors (Lipinski definition) is 5. The van der Waals surface area contributed by atoms with E-state index in [2.05, 4.69) is 15.0 Å². The van der Waals surface area contributed by atoms with Gasteiger partial charge in [0.25, 0.3) is 10.0 Å². The fraction of sp³-hybridized carbons (Fsp3) is 0.190. The fourth-order valence-electron chi connectivity index (χ4n) is 2.76. The minimum atomic E-state index is -3.80. The Kier molecular flexibility index (Phi) is 5.56. The van der Waals surface area contributed by atoms with Crippen LogP contribution in [0.25, 0.3) is 0 Å². The molecule has 0 saturated carbocycles. The van der Waals surface area contributed by atoms with Crippen LogP contribution in [0.3, 0.4) is 0 Å². The van der Waals surface area contributed by atoms with Crippen LogP contribution in [0, 0.1) is 20.8 Å². The highest BCUT2D eigenvalue weighted by molar-refractivity contribution is 7.92. The lowest BCUT2D eigenvalue weighted by Gasteiger charge is -2.13. The standard InChI is InChI=1S/C21H23N3O3S/c1-14-8-10-19(27-4)20(12-14)28(25,26)24-17-9-11-21(22-13-17)23-18-7-5-6-15(2)16(18)3/h5-13,24H,1-4H3,(H,22,23). The minimum absolute atomic E-state index is 0.0904. The van der Waals surface area contributed by atoms with Gasteiger partial charge < -0.3 is 10.1 Å². The number of aryl methyl sites for hydroxylation is 2. The maximum atomic E-state index is 12.8. The van der Waals surface area contributed by atoms with Gasteiger partial charge in [-0.05, 0) is 67.8 Å². The molecular weight excluding hydrogens is 374 g/mol. The van der Waals surface area contributed by atoms with Crippen LogP contribution in [0.4, 0.5) is 17.2 Å². The molecule has 1 heterocycles. The van der Waals surface area contributed by atoms with Crippen LogP contribution in [-0.2, 0) is 10.0 Å². The van der Waals surface area contributed by atoms with E-state index < -0.39 is 10.0 Å². The van der Waals surface area contributed by atoms with Crippen molar-refractivity contribution >= 4 is 27.2 Å². The van der Waals surface area contributed by atoms with Gasteiger partial charge in [-0.15, -0.1) is 0 Å². The molecule has 0 saturated heterocycles. The highest BCUT2D eigenvalue weighted by Gasteiger charge is 2.20. The first kappa shape index (κ1) is 19.7. The van der Waals surface area contributed by atoms with E-state index in [1.165, 1.54) is 18.9 Å². The molecule has 0 atom stereocenters. The molecule has 146 valence electrons. The lowest BCUT2D eigenvalue weighted by atomic mass is 10.1. The van der Waals surface area contributed by atoms with Crippen molar-refractivity contribution in [3.63, 3.8) is 0 Å². The van der Waals surface area contributed by atoms with Crippen LogP contribution >= 0.6 is 0 Å². The van der Waals surface area contributed by atoms with E-state index in [1.807, 2.05) is 39.0 Å². The van der Waals surface area contributed by atoms with Crippen molar-refractivity contribution in [2.75, 3.05) is 17.1 Å². The van der Waals surface area contributed by atoms with Crippen molar-refractivity contribution in [1.29, 1.82) is 0 Å². The number of rotatable bonds is 6. The average molecular weight is 398 g/mol. The van der Waals surface area contributed by atoms with Gasteiger partial charge in [0.1, 0.15) is 16.5 Å². The zero-order chi connectivity index (χ0) is 20.3. The van der Waals surface area contributed by atoms with Crippen LogP contribution in [0.1, 0.15) is 16.7 Å². The van der Waals surface area contributed by atoms with Crippen molar-refractivity contribution in [3.05, 3.63) is 71.4 Å². The summed E-state index contributed by atoms with van der Waals surface area (Å²) in [6.07, 6.45) is 1.48. The Morgan fingerprint density at radius 3 is 2.46 bits per heavy atom. The molecule has 0 bridgehead atoms. The first-order valence-corrected chi connectivity index (χ1v) is 10.3. The van der Waals surface area contributed by atoms with E-state index in [0.717, 1.165) is 16.8 Å². The third-order valence-electron chi connectivity index (χ3n) is 4.49. The molecular formula is C21H23N3O3S. The van der Waals surface area contributed by atoms with Crippen molar-refractivity contribution in [2.24, 2.45) is 0 Å². The number of nitrogens with one attached hydrogen (secondary N) is 2. The SMILES string of the molecule is COc1ccc(C)cc1S(=O)(=O)Nc1ccc(Nc2cccc(C)c2C)nc1. The van der Waals surface area contributed by atoms with Crippen LogP contribution < -0.4 is 14.8 Å². The Morgan fingerprint density at radius 2 is 1.79 bits per heavy atom. The summed E-state index contributed by atoms with van der Waals surface area (Å²) in [4.78, 5) is 4.40. The lowest BCUT2D eigenvalue weighted by Crippen LogP contribution is -2.14. The quantitative estimate of drug-likeness (QED) is 0.637. The van der Waals surface area contributed by atoms with Crippen LogP contribution in [0.2, 0.25) is 0 Å². The van der Waals surface area contributed by atoms with E-state index in [4.69, 9.17) is 4.74 Å². The predicted octanol–water partition coefficient (Wildman–Crippen LogP) is 4.56. The number of anilines is 3. The molecule has 7 heteroatoms. The molecule has 3 aromatic rings. The van der Waals surface area contributed by atoms with E-state index in [0.29, 0.717) is 17.3 Å². The number of pyridine rings is 1. The Hall–Kier alpha value is -3.06. The first-order valence-electron chi connectivity index (χ1n) is 8.77. The molecule has 28 heavy (non-hydrogen) atoms. The number of nitrogens with zero attached hydrogens (tertiary/aromatic N) is 1. The summed E-state index contributed by atoms with van der Waals surface area (Å²) >= 11 is 0. The summed E-state index contributed by atoms with van der Waals surface area (Å²) in [7, 11) is -2.35. The van der Waals surface area contributed by atoms with Crippen molar-refractivity contribution in [2.45, 2.75) is 25.7 Å². The van der Waals surface area contributed by atoms with Gasteiger partial charge in [0.15, 0.2) is 0 Å². The normalized spacial score (nSPS) is 11.1. The summed E-state index contributed by atoms with van der Waals surface area (Å²) in [5.41, 5.74) is 4.48. The topological polar surface area (TPSA) is 80.3 Å². The van der Waals surface area contributed by atoms with Gasteiger partial charge in [0.2, 0.25) is 0 Å². The van der Waals surface area contributed by atoms with Crippen LogP contribution in [-0.4, -0.2) is 20.5 Å². The molecule has 0 amide bonds. The van der Waals surface area contributed by atoms with Gasteiger partial charge in [-0.1, -0.05) is 18.2 Å². The number of sulfonamides is 1. The first-order chi connectivity index (χ1) is 13.3. The molecule has 0 aliphatic heterocycles. The largest absolute Gasteiger partial charge is 0.495 e. The van der Waals surface area contributed by atoms with Gasteiger partial charge in [0.05, 0.1) is 19.0 Å². The third kappa shape index (κ3) is 4.26. The zero-order valence-electron chi connectivity index (χ0n) is 16.3. The van der Waals surface area contributed by atoms with Crippen molar-refractivity contribution < 1.29 is 13.2 Å². The number of ether oxygens (including phenoxy) is 1. The smallest absolute Gasteiger partial charge is 0.265 e. The Balaban J connectivity index is 1.81. The highest BCUT2D eigenvalue weighted by atomic mass is 32.2. The molecule has 6 nitrogen and oxygen atoms in total. The Bertz CT molecular complexity index is 1090. The Morgan fingerprint density at radius 1 is 1.00 bits per heavy atom. The molecule has 0 aliphatic carbocycles. The maximum Gasteiger partial charge on any atom is 0.265 e. The second-order valence-corrected chi connectivity index (χ2v) is 8.22. The van der Waals surface area contributed by atoms with Gasteiger partial charge in [-0.25, -0.2) is 13.4 Å². The molecule has 1 aromatic heterocycles. The molecule has 3 rings (SSSR count). The van der Waals surface area contributed by atoms with Crippen molar-refractivity contribution in [1.82, 2.24) is 4.98 Å². The summed E-state index contributed by atoms with van der Waals surface area (Å²) in [6, 6.07) is 14.4. The summed E-state index contributed by atoms with van der Waals surface area (Å²) < 4.78 is 33.3. The number of aromatic nitrogens is 1. The predicted molar refractivity (Wildman–Crippen MR) is 112 cm³/mol. The summed E-state index contributed by atoms with van der Waals surface area (Å²) in [5.74, 6) is 0.920. The highest BCUT2D eigenvalue weighted by Crippen LogP contribution is 2.27. The van der Waals surface area contributed by atoms with E-state index in [1.54, 1.807) is 30.3 Å². The van der Waals surface area contributed by atoms with E-state index >= 15 is 0 Å². The van der Waals surface area contributed by atoms with Gasteiger partial charge >= 0.3 is 0 Å². The minimum Gasteiger partial charge on any atom is -0.495 e. The van der Waals surface area contributed by atoms with E-state index in [-0.39, 0.29) is 4.90 Å². The number of benzene rings is 2. The third-order valence-corrected chi connectivity index (χ3v) is 5.89. The number of methoxy groups -OCH3 is 1. The molecule has 0 fully saturated rings. The second-order valence-electron chi connectivity index (χ2n) is 6.56.